The molecule has 1 rings (SSSR count). The second-order valence-electron chi connectivity index (χ2n) is 5.80. The van der Waals surface area contributed by atoms with Gasteiger partial charge in [0.2, 0.25) is 5.91 Å². The quantitative estimate of drug-likeness (QED) is 0.746. The second-order valence-corrected chi connectivity index (χ2v) is 5.80. The molecule has 0 aliphatic carbocycles. The van der Waals surface area contributed by atoms with Crippen LogP contribution >= 0.6 is 0 Å². The summed E-state index contributed by atoms with van der Waals surface area (Å²) in [6.45, 7) is 14.8. The average molecular weight is 269 g/mol. The number of likely N-dealkylation sites (N-methyl/N-ethyl adjacent to an activating group) is 1. The molecule has 1 saturated heterocycles. The van der Waals surface area contributed by atoms with Crippen LogP contribution < -0.4 is 5.32 Å². The Kier molecular flexibility index (Phi) is 6.80. The molecule has 112 valence electrons. The van der Waals surface area contributed by atoms with Gasteiger partial charge in [0.05, 0.1) is 6.04 Å². The van der Waals surface area contributed by atoms with Crippen molar-refractivity contribution in [2.45, 2.75) is 65.6 Å². The lowest BCUT2D eigenvalue weighted by molar-refractivity contribution is -0.127. The van der Waals surface area contributed by atoms with Gasteiger partial charge in [0.25, 0.3) is 0 Å². The Hall–Kier alpha value is -0.610. The fourth-order valence-corrected chi connectivity index (χ4v) is 3.04. The number of hydrogen-bond donors (Lipinski definition) is 1. The maximum Gasteiger partial charge on any atom is 0.237 e. The minimum atomic E-state index is -0.0132. The molecule has 1 unspecified atom stereocenters. The van der Waals surface area contributed by atoms with E-state index in [4.69, 9.17) is 0 Å². The summed E-state index contributed by atoms with van der Waals surface area (Å²) in [5.74, 6) is 0.179. The van der Waals surface area contributed by atoms with Crippen molar-refractivity contribution in [1.82, 2.24) is 15.1 Å². The molecule has 1 aliphatic rings. The third-order valence-corrected chi connectivity index (χ3v) is 4.25. The molecule has 3 atom stereocenters. The van der Waals surface area contributed by atoms with Crippen LogP contribution in [-0.4, -0.2) is 60.0 Å². The van der Waals surface area contributed by atoms with E-state index in [0.29, 0.717) is 12.1 Å². The summed E-state index contributed by atoms with van der Waals surface area (Å²) >= 11 is 0. The number of carbonyl (C=O) groups is 1. The highest BCUT2D eigenvalue weighted by molar-refractivity contribution is 5.81. The van der Waals surface area contributed by atoms with E-state index < -0.39 is 0 Å². The van der Waals surface area contributed by atoms with Crippen LogP contribution in [0.25, 0.3) is 0 Å². The van der Waals surface area contributed by atoms with Gasteiger partial charge >= 0.3 is 0 Å². The normalized spacial score (nSPS) is 27.2. The number of nitrogens with zero attached hydrogens (tertiary/aromatic N) is 2. The van der Waals surface area contributed by atoms with Gasteiger partial charge < -0.3 is 5.32 Å². The zero-order valence-electron chi connectivity index (χ0n) is 13.3. The highest BCUT2D eigenvalue weighted by atomic mass is 16.2. The van der Waals surface area contributed by atoms with E-state index in [0.717, 1.165) is 39.0 Å². The van der Waals surface area contributed by atoms with Gasteiger partial charge in [-0.05, 0) is 33.7 Å². The molecule has 0 aromatic carbocycles. The van der Waals surface area contributed by atoms with Crippen molar-refractivity contribution in [2.24, 2.45) is 0 Å². The predicted molar refractivity (Wildman–Crippen MR) is 80.3 cm³/mol. The molecular weight excluding hydrogens is 238 g/mol. The molecule has 1 amide bonds. The monoisotopic (exact) mass is 269 g/mol. The first-order chi connectivity index (χ1) is 9.01. The van der Waals surface area contributed by atoms with E-state index in [2.05, 4.69) is 42.8 Å². The third kappa shape index (κ3) is 4.46. The molecule has 1 N–H and O–H groups in total. The van der Waals surface area contributed by atoms with Crippen molar-refractivity contribution >= 4 is 5.91 Å². The molecule has 1 fully saturated rings. The number of carbonyl (C=O) groups excluding carboxylic acids is 1. The van der Waals surface area contributed by atoms with Gasteiger partial charge in [-0.3, -0.25) is 14.6 Å². The van der Waals surface area contributed by atoms with Crippen molar-refractivity contribution in [3.63, 3.8) is 0 Å². The highest BCUT2D eigenvalue weighted by Gasteiger charge is 2.32. The summed E-state index contributed by atoms with van der Waals surface area (Å²) in [6, 6.07) is 1.04. The maximum atomic E-state index is 12.1. The largest absolute Gasteiger partial charge is 0.355 e. The summed E-state index contributed by atoms with van der Waals surface area (Å²) < 4.78 is 0. The van der Waals surface area contributed by atoms with Crippen LogP contribution in [0.4, 0.5) is 0 Å². The Morgan fingerprint density at radius 3 is 2.32 bits per heavy atom. The van der Waals surface area contributed by atoms with Crippen molar-refractivity contribution < 1.29 is 4.79 Å². The third-order valence-electron chi connectivity index (χ3n) is 4.25. The Morgan fingerprint density at radius 1 is 1.26 bits per heavy atom. The number of unbranched alkanes of at least 4 members (excludes halogenated alkanes) is 1. The lowest BCUT2D eigenvalue weighted by Gasteiger charge is -2.45. The number of nitrogens with one attached hydrogen (secondary N) is 1. The van der Waals surface area contributed by atoms with Gasteiger partial charge in [-0.2, -0.15) is 0 Å². The minimum absolute atomic E-state index is 0.0132. The molecule has 0 bridgehead atoms. The standard InChI is InChI=1S/C15H31N3O/c1-6-8-9-16-15(19)14(5)17-10-12(3)18(7-2)13(4)11-17/h12-14H,6-11H2,1-5H3,(H,16,19)/t12-,13+,14?. The molecule has 0 aromatic heterocycles. The molecule has 1 aliphatic heterocycles. The van der Waals surface area contributed by atoms with Crippen molar-refractivity contribution in [2.75, 3.05) is 26.2 Å². The van der Waals surface area contributed by atoms with Crippen LogP contribution in [-0.2, 0) is 4.79 Å². The van der Waals surface area contributed by atoms with Crippen LogP contribution in [0.5, 0.6) is 0 Å². The zero-order valence-corrected chi connectivity index (χ0v) is 13.3. The summed E-state index contributed by atoms with van der Waals surface area (Å²) in [7, 11) is 0. The van der Waals surface area contributed by atoms with Crippen LogP contribution in [0.1, 0.15) is 47.5 Å². The molecule has 19 heavy (non-hydrogen) atoms. The maximum absolute atomic E-state index is 12.1. The van der Waals surface area contributed by atoms with E-state index in [-0.39, 0.29) is 11.9 Å². The van der Waals surface area contributed by atoms with Crippen LogP contribution in [0, 0.1) is 0 Å². The van der Waals surface area contributed by atoms with Gasteiger partial charge in [-0.15, -0.1) is 0 Å². The molecule has 0 saturated carbocycles. The summed E-state index contributed by atoms with van der Waals surface area (Å²) in [5, 5.41) is 3.04. The zero-order chi connectivity index (χ0) is 14.4. The number of piperazine rings is 1. The van der Waals surface area contributed by atoms with Gasteiger partial charge in [-0.25, -0.2) is 0 Å². The van der Waals surface area contributed by atoms with E-state index in [9.17, 15) is 4.79 Å². The van der Waals surface area contributed by atoms with Crippen LogP contribution in [0.3, 0.4) is 0 Å². The number of hydrogen-bond acceptors (Lipinski definition) is 3. The molecule has 1 heterocycles. The van der Waals surface area contributed by atoms with Crippen molar-refractivity contribution in [1.29, 1.82) is 0 Å². The molecular formula is C15H31N3O. The van der Waals surface area contributed by atoms with E-state index in [1.165, 1.54) is 0 Å². The second kappa shape index (κ2) is 7.85. The lowest BCUT2D eigenvalue weighted by atomic mass is 10.1. The first-order valence-electron chi connectivity index (χ1n) is 7.78. The van der Waals surface area contributed by atoms with E-state index in [1.807, 2.05) is 6.92 Å². The van der Waals surface area contributed by atoms with Gasteiger partial charge in [0, 0.05) is 31.7 Å². The SMILES string of the molecule is CCCCNC(=O)C(C)N1C[C@@H](C)N(CC)[C@@H](C)C1. The molecule has 0 aromatic rings. The van der Waals surface area contributed by atoms with Gasteiger partial charge in [0.15, 0.2) is 0 Å². The average Bonchev–Trinajstić information content (AvgIpc) is 2.37. The van der Waals surface area contributed by atoms with Crippen LogP contribution in [0.2, 0.25) is 0 Å². The van der Waals surface area contributed by atoms with Crippen molar-refractivity contribution in [3.8, 4) is 0 Å². The Labute approximate surface area is 118 Å². The summed E-state index contributed by atoms with van der Waals surface area (Å²) in [5.41, 5.74) is 0. The van der Waals surface area contributed by atoms with E-state index >= 15 is 0 Å². The van der Waals surface area contributed by atoms with E-state index in [1.54, 1.807) is 0 Å². The number of rotatable bonds is 6. The Balaban J connectivity index is 2.49. The smallest absolute Gasteiger partial charge is 0.237 e. The molecule has 0 spiro atoms. The van der Waals surface area contributed by atoms with Crippen molar-refractivity contribution in [3.05, 3.63) is 0 Å². The fraction of sp³-hybridized carbons (Fsp3) is 0.933. The first kappa shape index (κ1) is 16.4. The fourth-order valence-electron chi connectivity index (χ4n) is 3.04. The number of amides is 1. The molecule has 4 heteroatoms. The Morgan fingerprint density at radius 2 is 1.84 bits per heavy atom. The first-order valence-corrected chi connectivity index (χ1v) is 7.78. The minimum Gasteiger partial charge on any atom is -0.355 e. The van der Waals surface area contributed by atoms with Gasteiger partial charge in [0.1, 0.15) is 0 Å². The lowest BCUT2D eigenvalue weighted by Crippen LogP contribution is -2.60. The molecule has 0 radical (unpaired) electrons. The predicted octanol–water partition coefficient (Wildman–Crippen LogP) is 1.71. The Bertz CT molecular complexity index is 271. The summed E-state index contributed by atoms with van der Waals surface area (Å²) in [6.07, 6.45) is 2.19. The topological polar surface area (TPSA) is 35.6 Å². The van der Waals surface area contributed by atoms with Crippen LogP contribution in [0.15, 0.2) is 0 Å². The summed E-state index contributed by atoms with van der Waals surface area (Å²) in [4.78, 5) is 16.9. The van der Waals surface area contributed by atoms with Gasteiger partial charge in [-0.1, -0.05) is 20.3 Å². The highest BCUT2D eigenvalue weighted by Crippen LogP contribution is 2.17. The molecule has 4 nitrogen and oxygen atoms in total.